The van der Waals surface area contributed by atoms with Gasteiger partial charge in [-0.3, -0.25) is 0 Å². The maximum atomic E-state index is 11.3. The monoisotopic (exact) mass is 433 g/mol. The van der Waals surface area contributed by atoms with Gasteiger partial charge in [0.1, 0.15) is 6.73 Å². The first kappa shape index (κ1) is 27.5. The SMILES string of the molecule is CCCCCCCCC=CCCCCCCCCOCN1C=CC(CC)=C(C(=O)O)C1. The Labute approximate surface area is 191 Å². The van der Waals surface area contributed by atoms with Gasteiger partial charge in [-0.05, 0) is 50.2 Å². The van der Waals surface area contributed by atoms with E-state index in [2.05, 4.69) is 19.1 Å². The molecule has 4 heteroatoms. The van der Waals surface area contributed by atoms with Crippen LogP contribution in [0.4, 0.5) is 0 Å². The van der Waals surface area contributed by atoms with E-state index in [1.54, 1.807) is 0 Å². The highest BCUT2D eigenvalue weighted by molar-refractivity contribution is 5.89. The summed E-state index contributed by atoms with van der Waals surface area (Å²) in [5.41, 5.74) is 1.41. The number of carbonyl (C=O) groups is 1. The zero-order chi connectivity index (χ0) is 22.6. The zero-order valence-corrected chi connectivity index (χ0v) is 20.2. The number of rotatable bonds is 20. The average Bonchev–Trinajstić information content (AvgIpc) is 2.78. The fraction of sp³-hybridized carbons (Fsp3) is 0.741. The van der Waals surface area contributed by atoms with Gasteiger partial charge in [0.25, 0.3) is 0 Å². The van der Waals surface area contributed by atoms with E-state index in [9.17, 15) is 9.90 Å². The van der Waals surface area contributed by atoms with E-state index in [-0.39, 0.29) is 0 Å². The highest BCUT2D eigenvalue weighted by Gasteiger charge is 2.18. The van der Waals surface area contributed by atoms with Crippen molar-refractivity contribution in [3.8, 4) is 0 Å². The first-order valence-electron chi connectivity index (χ1n) is 12.8. The Morgan fingerprint density at radius 3 is 2.10 bits per heavy atom. The van der Waals surface area contributed by atoms with Gasteiger partial charge < -0.3 is 14.7 Å². The Hall–Kier alpha value is -1.55. The molecule has 0 saturated heterocycles. The molecule has 1 rings (SSSR count). The Morgan fingerprint density at radius 1 is 0.935 bits per heavy atom. The molecule has 1 heterocycles. The fourth-order valence-electron chi connectivity index (χ4n) is 3.91. The lowest BCUT2D eigenvalue weighted by Crippen LogP contribution is -2.29. The average molecular weight is 434 g/mol. The van der Waals surface area contributed by atoms with Crippen molar-refractivity contribution >= 4 is 5.97 Å². The molecule has 0 unspecified atom stereocenters. The van der Waals surface area contributed by atoms with Crippen LogP contribution in [0.1, 0.15) is 110 Å². The van der Waals surface area contributed by atoms with Crippen LogP contribution in [-0.4, -0.2) is 35.9 Å². The molecule has 178 valence electrons. The smallest absolute Gasteiger partial charge is 0.333 e. The summed E-state index contributed by atoms with van der Waals surface area (Å²) in [6.07, 6.45) is 27.7. The molecular formula is C27H47NO3. The molecule has 0 aliphatic carbocycles. The molecule has 1 aliphatic heterocycles. The van der Waals surface area contributed by atoms with Gasteiger partial charge in [-0.25, -0.2) is 4.79 Å². The van der Waals surface area contributed by atoms with Crippen LogP contribution in [0.15, 0.2) is 35.6 Å². The standard InChI is InChI=1S/C27H47NO3/c1-3-5-6-7-8-9-10-11-12-13-14-15-16-17-18-19-22-31-24-28-21-20-25(4-2)26(23-28)27(29)30/h11-12,20-21H,3-10,13-19,22-24H2,1-2H3,(H,29,30). The van der Waals surface area contributed by atoms with E-state index >= 15 is 0 Å². The van der Waals surface area contributed by atoms with Crippen molar-refractivity contribution in [2.45, 2.75) is 110 Å². The van der Waals surface area contributed by atoms with Crippen LogP contribution >= 0.6 is 0 Å². The largest absolute Gasteiger partial charge is 0.478 e. The quantitative estimate of drug-likeness (QED) is 0.158. The molecule has 1 N–H and O–H groups in total. The first-order valence-corrected chi connectivity index (χ1v) is 12.8. The molecule has 1 aliphatic rings. The van der Waals surface area contributed by atoms with Crippen molar-refractivity contribution in [1.82, 2.24) is 4.90 Å². The Balaban J connectivity index is 1.87. The number of hydrogen-bond donors (Lipinski definition) is 1. The van der Waals surface area contributed by atoms with Crippen LogP contribution < -0.4 is 0 Å². The molecule has 0 fully saturated rings. The van der Waals surface area contributed by atoms with Gasteiger partial charge in [0, 0.05) is 12.8 Å². The van der Waals surface area contributed by atoms with E-state index in [0.29, 0.717) is 18.8 Å². The maximum Gasteiger partial charge on any atom is 0.333 e. The van der Waals surface area contributed by atoms with E-state index in [1.807, 2.05) is 24.1 Å². The van der Waals surface area contributed by atoms with Crippen LogP contribution in [-0.2, 0) is 9.53 Å². The number of unbranched alkanes of at least 4 members (excludes halogenated alkanes) is 12. The van der Waals surface area contributed by atoms with Gasteiger partial charge in [0.05, 0.1) is 12.1 Å². The summed E-state index contributed by atoms with van der Waals surface area (Å²) >= 11 is 0. The third-order valence-electron chi connectivity index (χ3n) is 5.93. The molecule has 31 heavy (non-hydrogen) atoms. The third-order valence-corrected chi connectivity index (χ3v) is 5.93. The van der Waals surface area contributed by atoms with Crippen molar-refractivity contribution in [2.24, 2.45) is 0 Å². The molecule has 0 atom stereocenters. The number of ether oxygens (including phenoxy) is 1. The lowest BCUT2D eigenvalue weighted by Gasteiger charge is -2.25. The zero-order valence-electron chi connectivity index (χ0n) is 20.2. The highest BCUT2D eigenvalue weighted by atomic mass is 16.5. The van der Waals surface area contributed by atoms with Gasteiger partial charge >= 0.3 is 5.97 Å². The van der Waals surface area contributed by atoms with Gasteiger partial charge in [-0.15, -0.1) is 0 Å². The van der Waals surface area contributed by atoms with Crippen LogP contribution in [0.5, 0.6) is 0 Å². The van der Waals surface area contributed by atoms with Crippen LogP contribution in [0.3, 0.4) is 0 Å². The lowest BCUT2D eigenvalue weighted by atomic mass is 10.0. The van der Waals surface area contributed by atoms with Gasteiger partial charge in [-0.1, -0.05) is 83.8 Å². The van der Waals surface area contributed by atoms with Crippen molar-refractivity contribution in [3.63, 3.8) is 0 Å². The molecular weight excluding hydrogens is 386 g/mol. The molecule has 0 bridgehead atoms. The predicted molar refractivity (Wildman–Crippen MR) is 131 cm³/mol. The number of aliphatic carboxylic acids is 1. The summed E-state index contributed by atoms with van der Waals surface area (Å²) in [6.45, 7) is 5.91. The number of carboxylic acid groups (broad SMARTS) is 1. The summed E-state index contributed by atoms with van der Waals surface area (Å²) in [4.78, 5) is 13.3. The van der Waals surface area contributed by atoms with Crippen molar-refractivity contribution < 1.29 is 14.6 Å². The molecule has 0 aromatic rings. The second kappa shape index (κ2) is 19.2. The van der Waals surface area contributed by atoms with Crippen molar-refractivity contribution in [2.75, 3.05) is 19.9 Å². The highest BCUT2D eigenvalue weighted by Crippen LogP contribution is 2.18. The number of nitrogens with zero attached hydrogens (tertiary/aromatic N) is 1. The topological polar surface area (TPSA) is 49.8 Å². The van der Waals surface area contributed by atoms with Gasteiger partial charge in [0.15, 0.2) is 0 Å². The molecule has 0 amide bonds. The second-order valence-electron chi connectivity index (χ2n) is 8.70. The summed E-state index contributed by atoms with van der Waals surface area (Å²) in [5.74, 6) is -0.820. The molecule has 0 radical (unpaired) electrons. The Kier molecular flexibility index (Phi) is 17.0. The van der Waals surface area contributed by atoms with E-state index < -0.39 is 5.97 Å². The minimum absolute atomic E-state index is 0.433. The molecule has 0 aromatic carbocycles. The van der Waals surface area contributed by atoms with E-state index in [4.69, 9.17) is 4.74 Å². The minimum atomic E-state index is -0.820. The lowest BCUT2D eigenvalue weighted by molar-refractivity contribution is -0.133. The minimum Gasteiger partial charge on any atom is -0.478 e. The van der Waals surface area contributed by atoms with Crippen LogP contribution in [0.2, 0.25) is 0 Å². The van der Waals surface area contributed by atoms with E-state index in [0.717, 1.165) is 25.0 Å². The number of hydrogen-bond acceptors (Lipinski definition) is 3. The fourth-order valence-corrected chi connectivity index (χ4v) is 3.91. The second-order valence-corrected chi connectivity index (χ2v) is 8.70. The molecule has 0 spiro atoms. The first-order chi connectivity index (χ1) is 15.2. The predicted octanol–water partition coefficient (Wildman–Crippen LogP) is 7.62. The molecule has 4 nitrogen and oxygen atoms in total. The van der Waals surface area contributed by atoms with Crippen LogP contribution in [0, 0.1) is 0 Å². The Bertz CT molecular complexity index is 551. The molecule has 0 aromatic heterocycles. The maximum absolute atomic E-state index is 11.3. The van der Waals surface area contributed by atoms with Crippen molar-refractivity contribution in [3.05, 3.63) is 35.6 Å². The number of carboxylic acids is 1. The van der Waals surface area contributed by atoms with Gasteiger partial charge in [-0.2, -0.15) is 0 Å². The summed E-state index contributed by atoms with van der Waals surface area (Å²) in [5, 5.41) is 9.32. The normalized spacial score (nSPS) is 14.2. The summed E-state index contributed by atoms with van der Waals surface area (Å²) in [6, 6.07) is 0. The summed E-state index contributed by atoms with van der Waals surface area (Å²) in [7, 11) is 0. The number of allylic oxidation sites excluding steroid dienone is 4. The summed E-state index contributed by atoms with van der Waals surface area (Å²) < 4.78 is 5.74. The van der Waals surface area contributed by atoms with Crippen molar-refractivity contribution in [1.29, 1.82) is 0 Å². The molecule has 0 saturated carbocycles. The third kappa shape index (κ3) is 14.2. The Morgan fingerprint density at radius 2 is 1.52 bits per heavy atom. The van der Waals surface area contributed by atoms with Crippen LogP contribution in [0.25, 0.3) is 0 Å². The van der Waals surface area contributed by atoms with Gasteiger partial charge in [0.2, 0.25) is 0 Å². The van der Waals surface area contributed by atoms with E-state index in [1.165, 1.54) is 83.5 Å².